The maximum absolute atomic E-state index is 11.5. The van der Waals surface area contributed by atoms with Crippen LogP contribution in [-0.2, 0) is 4.79 Å². The smallest absolute Gasteiger partial charge is 0.311 e. The molecule has 7 nitrogen and oxygen atoms in total. The Morgan fingerprint density at radius 1 is 1.29 bits per heavy atom. The Bertz CT molecular complexity index is 770. The zero-order valence-corrected chi connectivity index (χ0v) is 13.1. The standard InChI is InChI=1S/C17H17N3O4/c1-2-4-16(21)19-14-9-7-13(8-10-14)18-11-12-5-3-6-15(17(12)22)20(23)24/h3,5-11,22H,2,4H2,1H3,(H,19,21). The number of amides is 1. The van der Waals surface area contributed by atoms with E-state index in [1.165, 1.54) is 24.4 Å². The van der Waals surface area contributed by atoms with Crippen molar-refractivity contribution < 1.29 is 14.8 Å². The number of carbonyl (C=O) groups is 1. The molecule has 2 rings (SSSR count). The van der Waals surface area contributed by atoms with E-state index in [1.54, 1.807) is 24.3 Å². The molecule has 0 bridgehead atoms. The highest BCUT2D eigenvalue weighted by Crippen LogP contribution is 2.28. The molecule has 0 radical (unpaired) electrons. The molecule has 0 unspecified atom stereocenters. The molecule has 0 atom stereocenters. The van der Waals surface area contributed by atoms with Crippen molar-refractivity contribution in [3.63, 3.8) is 0 Å². The van der Waals surface area contributed by atoms with Crippen LogP contribution in [0.2, 0.25) is 0 Å². The third-order valence-corrected chi connectivity index (χ3v) is 3.22. The fourth-order valence-corrected chi connectivity index (χ4v) is 2.03. The summed E-state index contributed by atoms with van der Waals surface area (Å²) in [6.45, 7) is 1.93. The molecule has 1 amide bonds. The second-order valence-electron chi connectivity index (χ2n) is 5.08. The van der Waals surface area contributed by atoms with Gasteiger partial charge in [0.15, 0.2) is 0 Å². The van der Waals surface area contributed by atoms with Gasteiger partial charge >= 0.3 is 5.69 Å². The highest BCUT2D eigenvalue weighted by Gasteiger charge is 2.14. The van der Waals surface area contributed by atoms with Crippen molar-refractivity contribution in [2.75, 3.05) is 5.32 Å². The van der Waals surface area contributed by atoms with Gasteiger partial charge in [-0.3, -0.25) is 19.9 Å². The molecule has 0 spiro atoms. The quantitative estimate of drug-likeness (QED) is 0.478. The monoisotopic (exact) mass is 327 g/mol. The van der Waals surface area contributed by atoms with Gasteiger partial charge in [0.1, 0.15) is 0 Å². The average Bonchev–Trinajstić information content (AvgIpc) is 2.55. The summed E-state index contributed by atoms with van der Waals surface area (Å²) < 4.78 is 0. The number of hydrogen-bond acceptors (Lipinski definition) is 5. The van der Waals surface area contributed by atoms with Gasteiger partial charge in [-0.15, -0.1) is 0 Å². The molecule has 7 heteroatoms. The summed E-state index contributed by atoms with van der Waals surface area (Å²) in [5, 5.41) is 23.4. The summed E-state index contributed by atoms with van der Waals surface area (Å²) in [5.41, 5.74) is 1.15. The Morgan fingerprint density at radius 2 is 2.00 bits per heavy atom. The van der Waals surface area contributed by atoms with Crippen molar-refractivity contribution in [2.45, 2.75) is 19.8 Å². The molecule has 2 N–H and O–H groups in total. The largest absolute Gasteiger partial charge is 0.502 e. The number of nitro groups is 1. The molecule has 124 valence electrons. The maximum atomic E-state index is 11.5. The minimum Gasteiger partial charge on any atom is -0.502 e. The molecular formula is C17H17N3O4. The molecule has 0 aromatic heterocycles. The second-order valence-corrected chi connectivity index (χ2v) is 5.08. The number of hydrogen-bond donors (Lipinski definition) is 2. The minimum atomic E-state index is -0.652. The van der Waals surface area contributed by atoms with Crippen LogP contribution in [0.5, 0.6) is 5.75 Å². The topological polar surface area (TPSA) is 105 Å². The molecule has 2 aromatic carbocycles. The van der Waals surface area contributed by atoms with E-state index in [0.29, 0.717) is 17.8 Å². The van der Waals surface area contributed by atoms with E-state index in [4.69, 9.17) is 0 Å². The van der Waals surface area contributed by atoms with Crippen molar-refractivity contribution in [3.8, 4) is 5.75 Å². The van der Waals surface area contributed by atoms with Crippen molar-refractivity contribution in [1.29, 1.82) is 0 Å². The molecule has 0 aliphatic heterocycles. The van der Waals surface area contributed by atoms with Crippen LogP contribution < -0.4 is 5.32 Å². The van der Waals surface area contributed by atoms with Crippen LogP contribution in [-0.4, -0.2) is 22.2 Å². The first-order chi connectivity index (χ1) is 11.5. The summed E-state index contributed by atoms with van der Waals surface area (Å²) in [4.78, 5) is 25.8. The van der Waals surface area contributed by atoms with Crippen molar-refractivity contribution in [2.24, 2.45) is 4.99 Å². The number of anilines is 1. The third kappa shape index (κ3) is 4.39. The normalized spacial score (nSPS) is 10.7. The van der Waals surface area contributed by atoms with E-state index in [9.17, 15) is 20.0 Å². The van der Waals surface area contributed by atoms with Crippen molar-refractivity contribution in [1.82, 2.24) is 0 Å². The molecule has 0 saturated heterocycles. The van der Waals surface area contributed by atoms with Crippen LogP contribution in [0.15, 0.2) is 47.5 Å². The number of phenols is 1. The number of rotatable bonds is 6. The van der Waals surface area contributed by atoms with E-state index in [0.717, 1.165) is 6.42 Å². The first kappa shape index (κ1) is 17.1. The Kier molecular flexibility index (Phi) is 5.62. The molecule has 2 aromatic rings. The van der Waals surface area contributed by atoms with Gasteiger partial charge in [-0.2, -0.15) is 0 Å². The Labute approximate surface area is 138 Å². The average molecular weight is 327 g/mol. The molecule has 0 saturated carbocycles. The van der Waals surface area contributed by atoms with Gasteiger partial charge in [0, 0.05) is 30.0 Å². The number of para-hydroxylation sites is 1. The van der Waals surface area contributed by atoms with Crippen LogP contribution in [0.1, 0.15) is 25.3 Å². The van der Waals surface area contributed by atoms with Crippen LogP contribution in [0.3, 0.4) is 0 Å². The number of carbonyl (C=O) groups excluding carboxylic acids is 1. The van der Waals surface area contributed by atoms with E-state index >= 15 is 0 Å². The highest BCUT2D eigenvalue weighted by atomic mass is 16.6. The third-order valence-electron chi connectivity index (χ3n) is 3.22. The van der Waals surface area contributed by atoms with Gasteiger partial charge in [-0.05, 0) is 36.8 Å². The summed E-state index contributed by atoms with van der Waals surface area (Å²) >= 11 is 0. The number of benzene rings is 2. The Morgan fingerprint density at radius 3 is 2.62 bits per heavy atom. The minimum absolute atomic E-state index is 0.0460. The summed E-state index contributed by atoms with van der Waals surface area (Å²) in [6, 6.07) is 11.1. The van der Waals surface area contributed by atoms with Crippen LogP contribution in [0.4, 0.5) is 17.1 Å². The zero-order valence-electron chi connectivity index (χ0n) is 13.1. The lowest BCUT2D eigenvalue weighted by molar-refractivity contribution is -0.385. The lowest BCUT2D eigenvalue weighted by atomic mass is 10.2. The molecular weight excluding hydrogens is 310 g/mol. The molecule has 0 heterocycles. The number of phenolic OH excluding ortho intramolecular Hbond substituents is 1. The second kappa shape index (κ2) is 7.87. The highest BCUT2D eigenvalue weighted by molar-refractivity contribution is 5.91. The van der Waals surface area contributed by atoms with Crippen molar-refractivity contribution >= 4 is 29.2 Å². The zero-order chi connectivity index (χ0) is 17.5. The fourth-order valence-electron chi connectivity index (χ4n) is 2.03. The van der Waals surface area contributed by atoms with E-state index in [2.05, 4.69) is 10.3 Å². The van der Waals surface area contributed by atoms with E-state index in [-0.39, 0.29) is 17.2 Å². The molecule has 0 fully saturated rings. The molecule has 0 aliphatic rings. The van der Waals surface area contributed by atoms with Crippen LogP contribution in [0.25, 0.3) is 0 Å². The van der Waals surface area contributed by atoms with Gasteiger partial charge in [-0.1, -0.05) is 13.0 Å². The summed E-state index contributed by atoms with van der Waals surface area (Å²) in [5.74, 6) is -0.468. The van der Waals surface area contributed by atoms with E-state index in [1.807, 2.05) is 6.92 Å². The summed E-state index contributed by atoms with van der Waals surface area (Å²) in [7, 11) is 0. The number of aliphatic imine (C=N–C) groups is 1. The number of nitro benzene ring substituents is 1. The molecule has 0 aliphatic carbocycles. The predicted octanol–water partition coefficient (Wildman–Crippen LogP) is 3.79. The predicted molar refractivity (Wildman–Crippen MR) is 92.0 cm³/mol. The van der Waals surface area contributed by atoms with Gasteiger partial charge in [0.2, 0.25) is 11.7 Å². The fraction of sp³-hybridized carbons (Fsp3) is 0.176. The van der Waals surface area contributed by atoms with Gasteiger partial charge in [0.05, 0.1) is 10.6 Å². The van der Waals surface area contributed by atoms with E-state index < -0.39 is 10.7 Å². The SMILES string of the molecule is CCCC(=O)Nc1ccc(N=Cc2cccc([N+](=O)[O-])c2O)cc1. The van der Waals surface area contributed by atoms with Crippen LogP contribution in [0, 0.1) is 10.1 Å². The van der Waals surface area contributed by atoms with Crippen molar-refractivity contribution in [3.05, 3.63) is 58.1 Å². The lowest BCUT2D eigenvalue weighted by Gasteiger charge is -2.04. The first-order valence-corrected chi connectivity index (χ1v) is 7.41. The Balaban J connectivity index is 2.11. The first-order valence-electron chi connectivity index (χ1n) is 7.41. The van der Waals surface area contributed by atoms with Gasteiger partial charge < -0.3 is 10.4 Å². The molecule has 24 heavy (non-hydrogen) atoms. The lowest BCUT2D eigenvalue weighted by Crippen LogP contribution is -2.10. The number of aromatic hydroxyl groups is 1. The Hall–Kier alpha value is -3.22. The summed E-state index contributed by atoms with van der Waals surface area (Å²) in [6.07, 6.45) is 2.60. The maximum Gasteiger partial charge on any atom is 0.311 e. The number of nitrogens with one attached hydrogen (secondary N) is 1. The number of nitrogens with zero attached hydrogens (tertiary/aromatic N) is 2. The van der Waals surface area contributed by atoms with Gasteiger partial charge in [-0.25, -0.2) is 0 Å². The van der Waals surface area contributed by atoms with Crippen LogP contribution >= 0.6 is 0 Å². The van der Waals surface area contributed by atoms with Gasteiger partial charge in [0.25, 0.3) is 0 Å².